The zero-order valence-corrected chi connectivity index (χ0v) is 6.53. The molecule has 0 bridgehead atoms. The van der Waals surface area contributed by atoms with Gasteiger partial charge in [0.1, 0.15) is 0 Å². The highest BCUT2D eigenvalue weighted by Crippen LogP contribution is 1.87. The minimum atomic E-state index is 1.08. The standard InChI is InChI=1S/C6H9N.C4H4/c1-2-4-6-7-5-3-1;1-2-4-3-1/h1-3,5,7H,4,6H2;1-4H. The maximum absolute atomic E-state index is 3.10. The highest BCUT2D eigenvalue weighted by molar-refractivity contribution is 5.22. The molecule has 2 aliphatic rings. The van der Waals surface area contributed by atoms with E-state index >= 15 is 0 Å². The number of rotatable bonds is 0. The van der Waals surface area contributed by atoms with Crippen LogP contribution in [0.2, 0.25) is 0 Å². The van der Waals surface area contributed by atoms with Gasteiger partial charge in [0.25, 0.3) is 0 Å². The Labute approximate surface area is 67.8 Å². The number of hydrogen-bond acceptors (Lipinski definition) is 1. The van der Waals surface area contributed by atoms with E-state index < -0.39 is 0 Å². The van der Waals surface area contributed by atoms with Crippen LogP contribution < -0.4 is 5.32 Å². The minimum Gasteiger partial charge on any atom is -0.391 e. The molecule has 0 aromatic rings. The molecule has 58 valence electrons. The van der Waals surface area contributed by atoms with Gasteiger partial charge in [-0.3, -0.25) is 0 Å². The molecule has 11 heavy (non-hydrogen) atoms. The maximum Gasteiger partial charge on any atom is 0.0176 e. The summed E-state index contributed by atoms with van der Waals surface area (Å²) in [7, 11) is 0. The minimum absolute atomic E-state index is 1.08. The van der Waals surface area contributed by atoms with Crippen LogP contribution in [0.25, 0.3) is 0 Å². The fourth-order valence-corrected chi connectivity index (χ4v) is 0.660. The van der Waals surface area contributed by atoms with Crippen molar-refractivity contribution >= 4 is 0 Å². The Kier molecular flexibility index (Phi) is 3.96. The van der Waals surface area contributed by atoms with Crippen molar-refractivity contribution < 1.29 is 0 Å². The summed E-state index contributed by atoms with van der Waals surface area (Å²) in [5.74, 6) is 0. The molecular formula is C10H13N. The van der Waals surface area contributed by atoms with Crippen LogP contribution in [0.5, 0.6) is 0 Å². The van der Waals surface area contributed by atoms with Crippen molar-refractivity contribution in [3.63, 3.8) is 0 Å². The molecule has 0 aromatic carbocycles. The van der Waals surface area contributed by atoms with E-state index in [9.17, 15) is 0 Å². The van der Waals surface area contributed by atoms with Gasteiger partial charge < -0.3 is 5.32 Å². The van der Waals surface area contributed by atoms with E-state index in [-0.39, 0.29) is 0 Å². The first-order valence-corrected chi connectivity index (χ1v) is 3.88. The Morgan fingerprint density at radius 1 is 0.818 bits per heavy atom. The van der Waals surface area contributed by atoms with E-state index in [0.717, 1.165) is 13.0 Å². The van der Waals surface area contributed by atoms with E-state index in [1.165, 1.54) is 0 Å². The molecule has 2 rings (SSSR count). The fourth-order valence-electron chi connectivity index (χ4n) is 0.660. The molecule has 1 nitrogen and oxygen atoms in total. The second kappa shape index (κ2) is 5.54. The first-order valence-electron chi connectivity index (χ1n) is 3.88. The lowest BCUT2D eigenvalue weighted by molar-refractivity contribution is 0.860. The van der Waals surface area contributed by atoms with Crippen molar-refractivity contribution in [3.8, 4) is 0 Å². The topological polar surface area (TPSA) is 12.0 Å². The monoisotopic (exact) mass is 147 g/mol. The van der Waals surface area contributed by atoms with Gasteiger partial charge in [-0.1, -0.05) is 36.5 Å². The zero-order valence-electron chi connectivity index (χ0n) is 6.53. The Hall–Kier alpha value is -1.24. The molecule has 1 heterocycles. The quantitative estimate of drug-likeness (QED) is 0.553. The van der Waals surface area contributed by atoms with Crippen molar-refractivity contribution in [1.82, 2.24) is 5.32 Å². The van der Waals surface area contributed by atoms with Crippen LogP contribution in [0.3, 0.4) is 0 Å². The third-order valence-electron chi connectivity index (χ3n) is 1.36. The van der Waals surface area contributed by atoms with E-state index in [1.807, 2.05) is 36.6 Å². The second-order valence-electron chi connectivity index (χ2n) is 2.30. The second-order valence-corrected chi connectivity index (χ2v) is 2.30. The molecule has 0 unspecified atom stereocenters. The highest BCUT2D eigenvalue weighted by atomic mass is 14.8. The molecule has 0 radical (unpaired) electrons. The molecule has 0 saturated carbocycles. The Balaban J connectivity index is 0.000000128. The summed E-state index contributed by atoms with van der Waals surface area (Å²) < 4.78 is 0. The summed E-state index contributed by atoms with van der Waals surface area (Å²) >= 11 is 0. The van der Waals surface area contributed by atoms with Gasteiger partial charge in [0.2, 0.25) is 0 Å². The van der Waals surface area contributed by atoms with Crippen LogP contribution in [0, 0.1) is 0 Å². The predicted molar refractivity (Wildman–Crippen MR) is 49.2 cm³/mol. The van der Waals surface area contributed by atoms with E-state index in [2.05, 4.69) is 17.5 Å². The summed E-state index contributed by atoms with van der Waals surface area (Å²) in [5.41, 5.74) is 0. The third-order valence-corrected chi connectivity index (χ3v) is 1.36. The number of allylic oxidation sites excluding steroid dienone is 6. The number of hydrogen-bond donors (Lipinski definition) is 1. The average Bonchev–Trinajstić information content (AvgIpc) is 2.10. The van der Waals surface area contributed by atoms with Crippen molar-refractivity contribution in [2.45, 2.75) is 6.42 Å². The number of nitrogens with one attached hydrogen (secondary N) is 1. The Morgan fingerprint density at radius 3 is 2.18 bits per heavy atom. The van der Waals surface area contributed by atoms with Gasteiger partial charge in [-0.05, 0) is 18.7 Å². The van der Waals surface area contributed by atoms with E-state index in [1.54, 1.807) is 0 Å². The Morgan fingerprint density at radius 2 is 1.55 bits per heavy atom. The molecule has 1 aliphatic heterocycles. The van der Waals surface area contributed by atoms with Crippen molar-refractivity contribution in [1.29, 1.82) is 0 Å². The molecule has 0 fully saturated rings. The summed E-state index contributed by atoms with van der Waals surface area (Å²) in [6.45, 7) is 1.08. The van der Waals surface area contributed by atoms with Crippen molar-refractivity contribution in [2.75, 3.05) is 6.54 Å². The van der Waals surface area contributed by atoms with Gasteiger partial charge in [0.15, 0.2) is 0 Å². The van der Waals surface area contributed by atoms with Crippen LogP contribution in [-0.2, 0) is 0 Å². The highest BCUT2D eigenvalue weighted by Gasteiger charge is 1.78. The average molecular weight is 147 g/mol. The predicted octanol–water partition coefficient (Wildman–Crippen LogP) is 2.16. The summed E-state index contributed by atoms with van der Waals surface area (Å²) in [6.07, 6.45) is 17.3. The van der Waals surface area contributed by atoms with Gasteiger partial charge in [0, 0.05) is 6.54 Å². The lowest BCUT2D eigenvalue weighted by Crippen LogP contribution is -2.03. The van der Waals surface area contributed by atoms with Gasteiger partial charge in [-0.15, -0.1) is 0 Å². The smallest absolute Gasteiger partial charge is 0.0176 e. The summed E-state index contributed by atoms with van der Waals surface area (Å²) in [6, 6.07) is 0. The van der Waals surface area contributed by atoms with Crippen LogP contribution in [0.4, 0.5) is 0 Å². The molecule has 0 saturated heterocycles. The molecule has 0 atom stereocenters. The zero-order chi connectivity index (χ0) is 7.78. The first kappa shape index (κ1) is 7.86. The van der Waals surface area contributed by atoms with Gasteiger partial charge >= 0.3 is 0 Å². The van der Waals surface area contributed by atoms with Crippen LogP contribution in [-0.4, -0.2) is 6.54 Å². The Bertz CT molecular complexity index is 167. The first-order chi connectivity index (χ1) is 5.50. The summed E-state index contributed by atoms with van der Waals surface area (Å²) in [5, 5.41) is 3.10. The van der Waals surface area contributed by atoms with Gasteiger partial charge in [0.05, 0.1) is 0 Å². The molecular weight excluding hydrogens is 134 g/mol. The molecule has 1 aliphatic carbocycles. The van der Waals surface area contributed by atoms with Crippen molar-refractivity contribution in [2.24, 2.45) is 0 Å². The SMILES string of the molecule is C1=CC=C1.C1=CCCNC=C1. The molecule has 1 heteroatoms. The summed E-state index contributed by atoms with van der Waals surface area (Å²) in [4.78, 5) is 0. The lowest BCUT2D eigenvalue weighted by atomic mass is 10.3. The van der Waals surface area contributed by atoms with Gasteiger partial charge in [-0.2, -0.15) is 0 Å². The maximum atomic E-state index is 3.10. The molecule has 0 amide bonds. The lowest BCUT2D eigenvalue weighted by Gasteiger charge is -1.89. The van der Waals surface area contributed by atoms with Gasteiger partial charge in [-0.25, -0.2) is 0 Å². The third kappa shape index (κ3) is 4.20. The van der Waals surface area contributed by atoms with Crippen LogP contribution >= 0.6 is 0 Å². The van der Waals surface area contributed by atoms with Crippen LogP contribution in [0.1, 0.15) is 6.42 Å². The molecule has 1 N–H and O–H groups in total. The van der Waals surface area contributed by atoms with E-state index in [0.29, 0.717) is 0 Å². The molecule has 0 aromatic heterocycles. The normalized spacial score (nSPS) is 17.5. The fraction of sp³-hybridized carbons (Fsp3) is 0.200. The van der Waals surface area contributed by atoms with Crippen LogP contribution in [0.15, 0.2) is 48.7 Å². The van der Waals surface area contributed by atoms with Crippen molar-refractivity contribution in [3.05, 3.63) is 48.7 Å². The van der Waals surface area contributed by atoms with E-state index in [4.69, 9.17) is 0 Å². The molecule has 0 spiro atoms. The largest absolute Gasteiger partial charge is 0.391 e.